The lowest BCUT2D eigenvalue weighted by molar-refractivity contribution is 0.139. The van der Waals surface area contributed by atoms with Gasteiger partial charge in [-0.15, -0.1) is 0 Å². The lowest BCUT2D eigenvalue weighted by Gasteiger charge is -2.35. The molecule has 1 aromatic rings. The minimum atomic E-state index is -0.121. The lowest BCUT2D eigenvalue weighted by atomic mass is 9.97. The van der Waals surface area contributed by atoms with Crippen LogP contribution in [-0.4, -0.2) is 47.7 Å². The lowest BCUT2D eigenvalue weighted by Crippen LogP contribution is -2.45. The van der Waals surface area contributed by atoms with Crippen molar-refractivity contribution < 1.29 is 9.53 Å². The number of rotatable bonds is 7. The molecule has 0 aromatic carbocycles. The zero-order chi connectivity index (χ0) is 18.2. The van der Waals surface area contributed by atoms with Crippen molar-refractivity contribution in [2.75, 3.05) is 19.6 Å². The number of hydrogen-bond donors (Lipinski definition) is 2. The summed E-state index contributed by atoms with van der Waals surface area (Å²) in [6, 6.07) is 4.21. The highest BCUT2D eigenvalue weighted by atomic mass is 16.5. The second-order valence-electron chi connectivity index (χ2n) is 7.33. The van der Waals surface area contributed by atoms with Crippen molar-refractivity contribution >= 4 is 6.03 Å². The minimum Gasteiger partial charge on any atom is -0.475 e. The monoisotopic (exact) mass is 348 g/mol. The Kier molecular flexibility index (Phi) is 7.50. The maximum atomic E-state index is 12.0. The number of nitrogens with one attached hydrogen (secondary N) is 2. The van der Waals surface area contributed by atoms with Gasteiger partial charge in [-0.3, -0.25) is 0 Å². The van der Waals surface area contributed by atoms with E-state index in [0.717, 1.165) is 18.7 Å². The zero-order valence-electron chi connectivity index (χ0n) is 15.9. The van der Waals surface area contributed by atoms with Gasteiger partial charge in [-0.25, -0.2) is 9.78 Å². The molecule has 1 aliphatic heterocycles. The van der Waals surface area contributed by atoms with Crippen LogP contribution in [0.15, 0.2) is 18.3 Å². The summed E-state index contributed by atoms with van der Waals surface area (Å²) in [5, 5.41) is 5.89. The molecule has 25 heavy (non-hydrogen) atoms. The number of aromatic nitrogens is 1. The number of piperidine rings is 1. The quantitative estimate of drug-likeness (QED) is 0.795. The van der Waals surface area contributed by atoms with Crippen LogP contribution in [0.5, 0.6) is 5.88 Å². The fraction of sp³-hybridized carbons (Fsp3) is 0.684. The van der Waals surface area contributed by atoms with Crippen LogP contribution in [-0.2, 0) is 6.54 Å². The Morgan fingerprint density at radius 1 is 1.32 bits per heavy atom. The van der Waals surface area contributed by atoms with E-state index in [1.807, 2.05) is 26.0 Å². The predicted molar refractivity (Wildman–Crippen MR) is 99.7 cm³/mol. The van der Waals surface area contributed by atoms with Crippen LogP contribution in [0.4, 0.5) is 4.79 Å². The van der Waals surface area contributed by atoms with Gasteiger partial charge in [0.15, 0.2) is 0 Å². The molecular weight excluding hydrogens is 316 g/mol. The van der Waals surface area contributed by atoms with E-state index in [-0.39, 0.29) is 12.1 Å². The number of nitrogens with zero attached hydrogens (tertiary/aromatic N) is 2. The molecule has 6 heteroatoms. The van der Waals surface area contributed by atoms with Gasteiger partial charge in [0.05, 0.1) is 6.10 Å². The SMILES string of the molecule is CC(C)Oc1ccc(CNC(=O)NCC2CCCN(C(C)C)C2)cn1. The van der Waals surface area contributed by atoms with Crippen molar-refractivity contribution in [2.45, 2.75) is 59.2 Å². The average Bonchev–Trinajstić information content (AvgIpc) is 2.59. The molecule has 1 atom stereocenters. The molecule has 140 valence electrons. The number of likely N-dealkylation sites (tertiary alicyclic amines) is 1. The van der Waals surface area contributed by atoms with E-state index in [0.29, 0.717) is 24.4 Å². The fourth-order valence-corrected chi connectivity index (χ4v) is 3.04. The fourth-order valence-electron chi connectivity index (χ4n) is 3.04. The molecule has 0 saturated carbocycles. The molecule has 0 bridgehead atoms. The molecule has 0 spiro atoms. The number of urea groups is 1. The van der Waals surface area contributed by atoms with Gasteiger partial charge in [0, 0.05) is 37.9 Å². The van der Waals surface area contributed by atoms with Gasteiger partial charge in [-0.2, -0.15) is 0 Å². The number of pyridine rings is 1. The first kappa shape index (κ1) is 19.5. The van der Waals surface area contributed by atoms with Gasteiger partial charge in [-0.1, -0.05) is 6.07 Å². The number of hydrogen-bond acceptors (Lipinski definition) is 4. The first-order chi connectivity index (χ1) is 11.9. The van der Waals surface area contributed by atoms with Crippen molar-refractivity contribution in [2.24, 2.45) is 5.92 Å². The number of ether oxygens (including phenoxy) is 1. The highest BCUT2D eigenvalue weighted by Gasteiger charge is 2.21. The number of carbonyl (C=O) groups excluding carboxylic acids is 1. The Hall–Kier alpha value is -1.82. The summed E-state index contributed by atoms with van der Waals surface area (Å²) >= 11 is 0. The third-order valence-corrected chi connectivity index (χ3v) is 4.44. The molecule has 1 aromatic heterocycles. The Morgan fingerprint density at radius 2 is 2.12 bits per heavy atom. The highest BCUT2D eigenvalue weighted by molar-refractivity contribution is 5.73. The topological polar surface area (TPSA) is 66.5 Å². The van der Waals surface area contributed by atoms with Gasteiger partial charge in [0.2, 0.25) is 5.88 Å². The van der Waals surface area contributed by atoms with Crippen LogP contribution >= 0.6 is 0 Å². The molecule has 2 rings (SSSR count). The van der Waals surface area contributed by atoms with E-state index in [2.05, 4.69) is 34.4 Å². The van der Waals surface area contributed by atoms with Crippen molar-refractivity contribution in [3.8, 4) is 5.88 Å². The molecule has 6 nitrogen and oxygen atoms in total. The van der Waals surface area contributed by atoms with Gasteiger partial charge < -0.3 is 20.3 Å². The summed E-state index contributed by atoms with van der Waals surface area (Å²) in [4.78, 5) is 18.7. The van der Waals surface area contributed by atoms with Crippen LogP contribution in [0, 0.1) is 5.92 Å². The van der Waals surface area contributed by atoms with Crippen molar-refractivity contribution in [3.05, 3.63) is 23.9 Å². The minimum absolute atomic E-state index is 0.105. The molecule has 0 aliphatic carbocycles. The predicted octanol–water partition coefficient (Wildman–Crippen LogP) is 2.79. The summed E-state index contributed by atoms with van der Waals surface area (Å²) in [5.74, 6) is 1.14. The van der Waals surface area contributed by atoms with Gasteiger partial charge in [0.1, 0.15) is 0 Å². The zero-order valence-corrected chi connectivity index (χ0v) is 15.9. The van der Waals surface area contributed by atoms with Gasteiger partial charge in [-0.05, 0) is 58.6 Å². The van der Waals surface area contributed by atoms with E-state index in [9.17, 15) is 4.79 Å². The first-order valence-electron chi connectivity index (χ1n) is 9.31. The molecular formula is C19H32N4O2. The molecule has 2 amide bonds. The number of carbonyl (C=O) groups is 1. The molecule has 1 saturated heterocycles. The Labute approximate surface area is 151 Å². The molecule has 2 N–H and O–H groups in total. The molecule has 1 unspecified atom stereocenters. The Bertz CT molecular complexity index is 531. The van der Waals surface area contributed by atoms with Crippen molar-refractivity contribution in [1.82, 2.24) is 20.5 Å². The van der Waals surface area contributed by atoms with Crippen LogP contribution in [0.25, 0.3) is 0 Å². The maximum Gasteiger partial charge on any atom is 0.315 e. The maximum absolute atomic E-state index is 12.0. The Balaban J connectivity index is 1.68. The molecule has 1 fully saturated rings. The second kappa shape index (κ2) is 9.61. The third kappa shape index (κ3) is 6.90. The van der Waals surface area contributed by atoms with Crippen LogP contribution in [0.3, 0.4) is 0 Å². The van der Waals surface area contributed by atoms with Crippen LogP contribution in [0.2, 0.25) is 0 Å². The molecule has 2 heterocycles. The van der Waals surface area contributed by atoms with E-state index >= 15 is 0 Å². The third-order valence-electron chi connectivity index (χ3n) is 4.44. The highest BCUT2D eigenvalue weighted by Crippen LogP contribution is 2.17. The second-order valence-corrected chi connectivity index (χ2v) is 7.33. The smallest absolute Gasteiger partial charge is 0.315 e. The molecule has 0 radical (unpaired) electrons. The van der Waals surface area contributed by atoms with Gasteiger partial charge in [0.25, 0.3) is 0 Å². The first-order valence-corrected chi connectivity index (χ1v) is 9.31. The van der Waals surface area contributed by atoms with E-state index < -0.39 is 0 Å². The molecule has 1 aliphatic rings. The normalized spacial score (nSPS) is 18.4. The summed E-state index contributed by atoms with van der Waals surface area (Å²) in [6.07, 6.45) is 4.24. The summed E-state index contributed by atoms with van der Waals surface area (Å²) in [7, 11) is 0. The average molecular weight is 348 g/mol. The number of amides is 2. The van der Waals surface area contributed by atoms with E-state index in [1.165, 1.54) is 19.4 Å². The van der Waals surface area contributed by atoms with Crippen molar-refractivity contribution in [3.63, 3.8) is 0 Å². The summed E-state index contributed by atoms with van der Waals surface area (Å²) in [5.41, 5.74) is 0.954. The van der Waals surface area contributed by atoms with E-state index in [4.69, 9.17) is 4.74 Å². The van der Waals surface area contributed by atoms with Crippen molar-refractivity contribution in [1.29, 1.82) is 0 Å². The summed E-state index contributed by atoms with van der Waals surface area (Å²) < 4.78 is 5.51. The largest absolute Gasteiger partial charge is 0.475 e. The Morgan fingerprint density at radius 3 is 2.76 bits per heavy atom. The summed E-state index contributed by atoms with van der Waals surface area (Å²) in [6.45, 7) is 11.8. The van der Waals surface area contributed by atoms with E-state index in [1.54, 1.807) is 6.20 Å². The van der Waals surface area contributed by atoms with Crippen LogP contribution < -0.4 is 15.4 Å². The standard InChI is InChI=1S/C19H32N4O2/c1-14(2)23-9-5-6-17(13-23)12-22-19(24)21-11-16-7-8-18(20-10-16)25-15(3)4/h7-8,10,14-15,17H,5-6,9,11-13H2,1-4H3,(H2,21,22,24). The van der Waals surface area contributed by atoms with Gasteiger partial charge >= 0.3 is 6.03 Å². The van der Waals surface area contributed by atoms with Crippen LogP contribution in [0.1, 0.15) is 46.1 Å².